The van der Waals surface area contributed by atoms with Crippen LogP contribution in [0.2, 0.25) is 0 Å². The van der Waals surface area contributed by atoms with Crippen LogP contribution in [0.4, 0.5) is 0 Å². The van der Waals surface area contributed by atoms with E-state index in [9.17, 15) is 0 Å². The van der Waals surface area contributed by atoms with Crippen molar-refractivity contribution in [3.05, 3.63) is 241 Å². The van der Waals surface area contributed by atoms with Crippen LogP contribution in [-0.4, -0.2) is 9.55 Å². The largest absolute Gasteiger partial charge is 0.309 e. The topological polar surface area (TPSA) is 17.8 Å². The summed E-state index contributed by atoms with van der Waals surface area (Å²) in [5.74, 6) is 0. The van der Waals surface area contributed by atoms with Gasteiger partial charge in [-0.25, -0.2) is 0 Å². The zero-order valence-electron chi connectivity index (χ0n) is 33.7. The van der Waals surface area contributed by atoms with E-state index in [1.165, 1.54) is 115 Å². The molecule has 10 aromatic carbocycles. The van der Waals surface area contributed by atoms with E-state index in [0.717, 1.165) is 11.4 Å². The summed E-state index contributed by atoms with van der Waals surface area (Å²) in [7, 11) is 0. The van der Waals surface area contributed by atoms with Crippen molar-refractivity contribution in [2.24, 2.45) is 0 Å². The van der Waals surface area contributed by atoms with Crippen molar-refractivity contribution in [3.63, 3.8) is 0 Å². The molecule has 0 saturated heterocycles. The Morgan fingerprint density at radius 3 is 1.73 bits per heavy atom. The normalized spacial score (nSPS) is 14.8. The Hall–Kier alpha value is -8.07. The molecule has 2 heterocycles. The van der Waals surface area contributed by atoms with E-state index in [2.05, 4.69) is 217 Å². The maximum absolute atomic E-state index is 5.20. The Morgan fingerprint density at radius 2 is 0.968 bits per heavy atom. The zero-order valence-corrected chi connectivity index (χ0v) is 33.7. The van der Waals surface area contributed by atoms with Gasteiger partial charge in [0.2, 0.25) is 0 Å². The number of benzene rings is 10. The molecule has 62 heavy (non-hydrogen) atoms. The highest BCUT2D eigenvalue weighted by Gasteiger charge is 2.52. The summed E-state index contributed by atoms with van der Waals surface area (Å²) in [4.78, 5) is 5.20. The van der Waals surface area contributed by atoms with Crippen molar-refractivity contribution >= 4 is 54.1 Å². The van der Waals surface area contributed by atoms with Gasteiger partial charge >= 0.3 is 0 Å². The Labute approximate surface area is 358 Å². The standard InChI is InChI=1S/C60H36N2/c1-3-17-38(18-4-1)56-43-23-9-11-25-45(43)57(46-26-12-10-24-44(46)56)39-29-31-47-52(34-39)60(51-28-15-33-61-59(47)51)50-27-14-13-22-42(50)48-35-49-55(36-53(48)60)62(40-19-5-2-6-20-40)54-32-30-37-16-7-8-21-41(37)58(49)54/h1-36H. The number of rotatable bonds is 3. The van der Waals surface area contributed by atoms with Gasteiger partial charge in [0.1, 0.15) is 0 Å². The highest BCUT2D eigenvalue weighted by Crippen LogP contribution is 2.64. The van der Waals surface area contributed by atoms with E-state index in [1.807, 2.05) is 6.20 Å². The number of nitrogens with zero attached hydrogens (tertiary/aromatic N) is 2. The fourth-order valence-corrected chi connectivity index (χ4v) is 11.6. The summed E-state index contributed by atoms with van der Waals surface area (Å²) in [5, 5.41) is 10.1. The van der Waals surface area contributed by atoms with Crippen LogP contribution >= 0.6 is 0 Å². The molecule has 0 aliphatic heterocycles. The van der Waals surface area contributed by atoms with Crippen LogP contribution in [0.1, 0.15) is 22.3 Å². The average molecular weight is 785 g/mol. The van der Waals surface area contributed by atoms with E-state index in [0.29, 0.717) is 0 Å². The van der Waals surface area contributed by atoms with Gasteiger partial charge in [0.05, 0.1) is 22.1 Å². The van der Waals surface area contributed by atoms with Gasteiger partial charge in [0.25, 0.3) is 0 Å². The lowest BCUT2D eigenvalue weighted by Gasteiger charge is -2.30. The summed E-state index contributed by atoms with van der Waals surface area (Å²) < 4.78 is 2.48. The SMILES string of the molecule is c1ccc(-c2c3ccccc3c(-c3ccc4c(c3)C3(c5ccccc5-c5cc6c7c8ccccc8ccc7n(-c7ccccc7)c6cc53)c3cccnc3-4)c3ccccc23)cc1. The molecule has 2 nitrogen and oxygen atoms in total. The third kappa shape index (κ3) is 4.30. The molecule has 2 aliphatic rings. The van der Waals surface area contributed by atoms with Gasteiger partial charge in [-0.15, -0.1) is 0 Å². The van der Waals surface area contributed by atoms with E-state index < -0.39 is 5.41 Å². The second-order valence-electron chi connectivity index (χ2n) is 16.9. The minimum Gasteiger partial charge on any atom is -0.309 e. The van der Waals surface area contributed by atoms with Gasteiger partial charge in [-0.1, -0.05) is 170 Å². The molecule has 0 N–H and O–H groups in total. The molecule has 2 heteroatoms. The predicted molar refractivity (Wildman–Crippen MR) is 258 cm³/mol. The summed E-state index contributed by atoms with van der Waals surface area (Å²) in [6.45, 7) is 0. The molecule has 2 aromatic heterocycles. The molecular weight excluding hydrogens is 749 g/mol. The fraction of sp³-hybridized carbons (Fsp3) is 0.0167. The molecule has 14 rings (SSSR count). The number of pyridine rings is 1. The average Bonchev–Trinajstić information content (AvgIpc) is 3.94. The van der Waals surface area contributed by atoms with Crippen LogP contribution in [0.25, 0.3) is 104 Å². The molecule has 0 fully saturated rings. The first-order valence-corrected chi connectivity index (χ1v) is 21.5. The molecule has 0 saturated carbocycles. The molecule has 1 spiro atoms. The molecule has 1 unspecified atom stereocenters. The number of hydrogen-bond acceptors (Lipinski definition) is 1. The summed E-state index contributed by atoms with van der Waals surface area (Å²) >= 11 is 0. The first-order chi connectivity index (χ1) is 30.8. The minimum absolute atomic E-state index is 0.593. The van der Waals surface area contributed by atoms with Crippen LogP contribution < -0.4 is 0 Å². The van der Waals surface area contributed by atoms with Crippen molar-refractivity contribution in [2.75, 3.05) is 0 Å². The van der Waals surface area contributed by atoms with Crippen molar-refractivity contribution < 1.29 is 0 Å². The van der Waals surface area contributed by atoms with Gasteiger partial charge in [-0.2, -0.15) is 0 Å². The first kappa shape index (κ1) is 33.7. The maximum atomic E-state index is 5.20. The molecule has 0 radical (unpaired) electrons. The monoisotopic (exact) mass is 784 g/mol. The highest BCUT2D eigenvalue weighted by atomic mass is 15.0. The fourth-order valence-electron chi connectivity index (χ4n) is 11.6. The molecule has 286 valence electrons. The molecule has 2 aliphatic carbocycles. The van der Waals surface area contributed by atoms with Gasteiger partial charge in [-0.05, 0) is 130 Å². The van der Waals surface area contributed by atoms with Crippen LogP contribution in [0, 0.1) is 0 Å². The van der Waals surface area contributed by atoms with Crippen molar-refractivity contribution in [3.8, 4) is 50.3 Å². The summed E-state index contributed by atoms with van der Waals surface area (Å²) in [6, 6.07) is 79.0. The van der Waals surface area contributed by atoms with E-state index in [4.69, 9.17) is 4.98 Å². The van der Waals surface area contributed by atoms with E-state index in [-0.39, 0.29) is 0 Å². The van der Waals surface area contributed by atoms with Crippen LogP contribution in [0.15, 0.2) is 219 Å². The minimum atomic E-state index is -0.593. The molecule has 0 bridgehead atoms. The van der Waals surface area contributed by atoms with E-state index in [1.54, 1.807) is 0 Å². The van der Waals surface area contributed by atoms with Crippen LogP contribution in [0.3, 0.4) is 0 Å². The van der Waals surface area contributed by atoms with Gasteiger partial charge in [0, 0.05) is 28.2 Å². The van der Waals surface area contributed by atoms with Gasteiger partial charge in [0.15, 0.2) is 0 Å². The number of para-hydroxylation sites is 1. The Balaban J connectivity index is 1.12. The summed E-state index contributed by atoms with van der Waals surface area (Å²) in [6.07, 6.45) is 1.96. The highest BCUT2D eigenvalue weighted by molar-refractivity contribution is 6.23. The molecule has 1 atom stereocenters. The molecule has 0 amide bonds. The third-order valence-corrected chi connectivity index (χ3v) is 14.0. The number of aromatic nitrogens is 2. The third-order valence-electron chi connectivity index (χ3n) is 14.0. The Bertz CT molecular complexity index is 3800. The maximum Gasteiger partial charge on any atom is 0.0753 e. The van der Waals surface area contributed by atoms with Gasteiger partial charge in [-0.3, -0.25) is 4.98 Å². The second kappa shape index (κ2) is 12.5. The molecular formula is C60H36N2. The predicted octanol–water partition coefficient (Wildman–Crippen LogP) is 15.3. The number of fused-ring (bicyclic) bond motifs is 17. The second-order valence-corrected chi connectivity index (χ2v) is 16.9. The lowest BCUT2D eigenvalue weighted by atomic mass is 9.70. The number of hydrogen-bond donors (Lipinski definition) is 0. The van der Waals surface area contributed by atoms with Crippen molar-refractivity contribution in [2.45, 2.75) is 5.41 Å². The molecule has 12 aromatic rings. The van der Waals surface area contributed by atoms with Crippen molar-refractivity contribution in [1.29, 1.82) is 0 Å². The quantitative estimate of drug-likeness (QED) is 0.163. The first-order valence-electron chi connectivity index (χ1n) is 21.5. The Morgan fingerprint density at radius 1 is 0.355 bits per heavy atom. The smallest absolute Gasteiger partial charge is 0.0753 e. The summed E-state index contributed by atoms with van der Waals surface area (Å²) in [5.41, 5.74) is 17.9. The van der Waals surface area contributed by atoms with Crippen LogP contribution in [0.5, 0.6) is 0 Å². The lowest BCUT2D eigenvalue weighted by molar-refractivity contribution is 0.792. The van der Waals surface area contributed by atoms with E-state index >= 15 is 0 Å². The lowest BCUT2D eigenvalue weighted by Crippen LogP contribution is -2.26. The van der Waals surface area contributed by atoms with Crippen LogP contribution in [-0.2, 0) is 5.41 Å². The zero-order chi connectivity index (χ0) is 40.5. The van der Waals surface area contributed by atoms with Gasteiger partial charge < -0.3 is 4.57 Å². The van der Waals surface area contributed by atoms with Crippen molar-refractivity contribution in [1.82, 2.24) is 9.55 Å². The Kier molecular flexibility index (Phi) is 6.79.